The number of hydrogen-bond donors (Lipinski definition) is 1. The topological polar surface area (TPSA) is 40.5 Å². The van der Waals surface area contributed by atoms with E-state index < -0.39 is 23.8 Å². The predicted octanol–water partition coefficient (Wildman–Crippen LogP) is 7.56. The van der Waals surface area contributed by atoms with Gasteiger partial charge in [0.05, 0.1) is 11.6 Å². The Labute approximate surface area is 207 Å². The summed E-state index contributed by atoms with van der Waals surface area (Å²) in [6, 6.07) is 9.30. The first kappa shape index (κ1) is 26.2. The maximum Gasteiger partial charge on any atom is 0.416 e. The van der Waals surface area contributed by atoms with Gasteiger partial charge in [-0.25, -0.2) is 0 Å². The lowest BCUT2D eigenvalue weighted by Crippen LogP contribution is -2.39. The summed E-state index contributed by atoms with van der Waals surface area (Å²) in [4.78, 5) is 13.4. The number of nitrogens with zero attached hydrogens (tertiary/aromatic N) is 1. The molecule has 3 rings (SSSR count). The number of allylic oxidation sites excluding steroid dienone is 1. The lowest BCUT2D eigenvalue weighted by atomic mass is 9.83. The Morgan fingerprint density at radius 2 is 1.91 bits per heavy atom. The number of hydrogen-bond acceptors (Lipinski definition) is 2. The van der Waals surface area contributed by atoms with Crippen LogP contribution in [-0.2, 0) is 11.0 Å². The van der Waals surface area contributed by atoms with Crippen LogP contribution in [0.3, 0.4) is 0 Å². The molecule has 0 amide bonds. The summed E-state index contributed by atoms with van der Waals surface area (Å²) >= 11 is 12.6. The van der Waals surface area contributed by atoms with Crippen molar-refractivity contribution in [1.82, 2.24) is 4.90 Å². The van der Waals surface area contributed by atoms with Gasteiger partial charge in [-0.2, -0.15) is 13.2 Å². The van der Waals surface area contributed by atoms with E-state index in [0.29, 0.717) is 46.1 Å². The minimum absolute atomic E-state index is 0.00517. The Morgan fingerprint density at radius 3 is 2.47 bits per heavy atom. The number of alkyl halides is 3. The molecule has 0 radical (unpaired) electrons. The summed E-state index contributed by atoms with van der Waals surface area (Å²) in [5.41, 5.74) is 1.30. The average Bonchev–Trinajstić information content (AvgIpc) is 2.74. The van der Waals surface area contributed by atoms with Gasteiger partial charge in [0.1, 0.15) is 0 Å². The van der Waals surface area contributed by atoms with Crippen molar-refractivity contribution >= 4 is 29.2 Å². The molecule has 8 heteroatoms. The highest BCUT2D eigenvalue weighted by molar-refractivity contribution is 6.35. The first-order valence-corrected chi connectivity index (χ1v) is 11.5. The third kappa shape index (κ3) is 6.56. The van der Waals surface area contributed by atoms with Crippen molar-refractivity contribution in [3.63, 3.8) is 0 Å². The smallest absolute Gasteiger partial charge is 0.416 e. The summed E-state index contributed by atoms with van der Waals surface area (Å²) in [5.74, 6) is 5.20. The van der Waals surface area contributed by atoms with Crippen LogP contribution in [0.1, 0.15) is 55.0 Å². The van der Waals surface area contributed by atoms with Gasteiger partial charge in [0.25, 0.3) is 0 Å². The van der Waals surface area contributed by atoms with Crippen LogP contribution in [0.4, 0.5) is 13.2 Å². The number of likely N-dealkylation sites (tertiary alicyclic amines) is 1. The number of carboxylic acid groups (broad SMARTS) is 1. The molecule has 34 heavy (non-hydrogen) atoms. The summed E-state index contributed by atoms with van der Waals surface area (Å²) < 4.78 is 39.4. The Morgan fingerprint density at radius 1 is 1.24 bits per heavy atom. The molecule has 2 aromatic rings. The highest BCUT2D eigenvalue weighted by atomic mass is 35.5. The normalized spacial score (nSPS) is 19.7. The highest BCUT2D eigenvalue weighted by Crippen LogP contribution is 2.43. The number of halogens is 5. The molecule has 0 unspecified atom stereocenters. The third-order valence-electron chi connectivity index (χ3n) is 5.85. The lowest BCUT2D eigenvalue weighted by Gasteiger charge is -2.42. The second-order valence-corrected chi connectivity index (χ2v) is 9.32. The monoisotopic (exact) mass is 509 g/mol. The summed E-state index contributed by atoms with van der Waals surface area (Å²) in [6.45, 7) is 6.11. The molecule has 1 N–H and O–H groups in total. The van der Waals surface area contributed by atoms with E-state index in [1.54, 1.807) is 25.1 Å². The fourth-order valence-electron chi connectivity index (χ4n) is 4.27. The molecule has 0 aliphatic carbocycles. The Kier molecular flexibility index (Phi) is 8.35. The molecule has 1 fully saturated rings. The second kappa shape index (κ2) is 10.9. The summed E-state index contributed by atoms with van der Waals surface area (Å²) in [7, 11) is 0. The van der Waals surface area contributed by atoms with E-state index in [1.807, 2.05) is 0 Å². The Bertz CT molecular complexity index is 1120. The number of carbonyl (C=O) groups is 1. The fraction of sp³-hybridized carbons (Fsp3) is 0.346. The van der Waals surface area contributed by atoms with E-state index >= 15 is 0 Å². The molecule has 2 aromatic carbocycles. The minimum atomic E-state index is -4.44. The quantitative estimate of drug-likeness (QED) is 0.422. The van der Waals surface area contributed by atoms with Crippen LogP contribution >= 0.6 is 23.2 Å². The van der Waals surface area contributed by atoms with Crippen molar-refractivity contribution in [2.75, 3.05) is 6.54 Å². The van der Waals surface area contributed by atoms with Crippen molar-refractivity contribution in [3.05, 3.63) is 81.4 Å². The van der Waals surface area contributed by atoms with Crippen molar-refractivity contribution in [3.8, 4) is 11.8 Å². The van der Waals surface area contributed by atoms with Crippen LogP contribution in [0, 0.1) is 17.8 Å². The number of aliphatic carboxylic acids is 1. The first-order valence-electron chi connectivity index (χ1n) is 10.7. The lowest BCUT2D eigenvalue weighted by molar-refractivity contribution is -0.139. The molecule has 1 saturated heterocycles. The zero-order valence-electron chi connectivity index (χ0n) is 18.5. The SMILES string of the molecule is C=C(C)C#C[C@H](c1ccc(Cl)cc1Cl)N1CC[C@H](CC(=O)O)C[C@@H]1c1ccc(C(F)(F)F)cc1. The molecular weight excluding hydrogens is 486 g/mol. The standard InChI is InChI=1S/C26H24Cl2F3NO2/c1-16(2)3-10-23(21-9-8-20(27)15-22(21)28)32-12-11-17(14-25(33)34)13-24(32)18-4-6-19(7-5-18)26(29,30)31/h4-9,15,17,23-24H,1,11-14H2,2H3,(H,33,34)/t17-,23+,24+/m0/s1. The van der Waals surface area contributed by atoms with Crippen molar-refractivity contribution in [2.45, 2.75) is 44.4 Å². The maximum absolute atomic E-state index is 13.1. The zero-order valence-corrected chi connectivity index (χ0v) is 20.0. The Hall–Kier alpha value is -2.46. The molecular formula is C26H24Cl2F3NO2. The van der Waals surface area contributed by atoms with E-state index in [9.17, 15) is 23.1 Å². The zero-order chi connectivity index (χ0) is 25.0. The first-order chi connectivity index (χ1) is 16.0. The van der Waals surface area contributed by atoms with Gasteiger partial charge in [0.15, 0.2) is 0 Å². The van der Waals surface area contributed by atoms with Crippen LogP contribution < -0.4 is 0 Å². The van der Waals surface area contributed by atoms with Crippen LogP contribution in [0.25, 0.3) is 0 Å². The minimum Gasteiger partial charge on any atom is -0.481 e. The number of carboxylic acids is 1. The van der Waals surface area contributed by atoms with Gasteiger partial charge < -0.3 is 5.11 Å². The van der Waals surface area contributed by atoms with Gasteiger partial charge in [-0.3, -0.25) is 9.69 Å². The van der Waals surface area contributed by atoms with Gasteiger partial charge in [0.2, 0.25) is 0 Å². The predicted molar refractivity (Wildman–Crippen MR) is 128 cm³/mol. The van der Waals surface area contributed by atoms with Gasteiger partial charge in [-0.1, -0.05) is 59.8 Å². The van der Waals surface area contributed by atoms with E-state index in [2.05, 4.69) is 23.3 Å². The van der Waals surface area contributed by atoms with E-state index in [-0.39, 0.29) is 18.4 Å². The van der Waals surface area contributed by atoms with E-state index in [4.69, 9.17) is 23.2 Å². The van der Waals surface area contributed by atoms with E-state index in [0.717, 1.165) is 12.1 Å². The van der Waals surface area contributed by atoms with Gasteiger partial charge in [-0.15, -0.1) is 0 Å². The molecule has 0 bridgehead atoms. The molecule has 0 aromatic heterocycles. The fourth-order valence-corrected chi connectivity index (χ4v) is 4.79. The second-order valence-electron chi connectivity index (χ2n) is 8.48. The molecule has 1 aliphatic rings. The van der Waals surface area contributed by atoms with Crippen LogP contribution in [-0.4, -0.2) is 22.5 Å². The number of rotatable bonds is 5. The van der Waals surface area contributed by atoms with Crippen LogP contribution in [0.2, 0.25) is 10.0 Å². The molecule has 3 nitrogen and oxygen atoms in total. The third-order valence-corrected chi connectivity index (χ3v) is 6.41. The molecule has 3 atom stereocenters. The van der Waals surface area contributed by atoms with Crippen molar-refractivity contribution in [1.29, 1.82) is 0 Å². The molecule has 180 valence electrons. The van der Waals surface area contributed by atoms with Gasteiger partial charge in [0, 0.05) is 34.6 Å². The highest BCUT2D eigenvalue weighted by Gasteiger charge is 2.36. The summed E-state index contributed by atoms with van der Waals surface area (Å²) in [6.07, 6.45) is -3.37. The maximum atomic E-state index is 13.1. The number of benzene rings is 2. The summed E-state index contributed by atoms with van der Waals surface area (Å²) in [5, 5.41) is 10.2. The molecule has 0 spiro atoms. The Balaban J connectivity index is 2.07. The molecule has 1 heterocycles. The van der Waals surface area contributed by atoms with Crippen molar-refractivity contribution < 1.29 is 23.1 Å². The molecule has 0 saturated carbocycles. The molecule has 1 aliphatic heterocycles. The van der Waals surface area contributed by atoms with Gasteiger partial charge >= 0.3 is 12.1 Å². The largest absolute Gasteiger partial charge is 0.481 e. The van der Waals surface area contributed by atoms with Crippen LogP contribution in [0.5, 0.6) is 0 Å². The number of piperidine rings is 1. The van der Waals surface area contributed by atoms with Crippen molar-refractivity contribution in [2.24, 2.45) is 5.92 Å². The van der Waals surface area contributed by atoms with Crippen LogP contribution in [0.15, 0.2) is 54.6 Å². The average molecular weight is 510 g/mol. The van der Waals surface area contributed by atoms with E-state index in [1.165, 1.54) is 12.1 Å². The van der Waals surface area contributed by atoms with Gasteiger partial charge in [-0.05, 0) is 61.1 Å².